The van der Waals surface area contributed by atoms with Crippen LogP contribution in [0.25, 0.3) is 0 Å². The van der Waals surface area contributed by atoms with E-state index in [1.807, 2.05) is 6.07 Å². The number of methoxy groups -OCH3 is 1. The number of hydrogen-bond acceptors (Lipinski definition) is 5. The van der Waals surface area contributed by atoms with Crippen molar-refractivity contribution in [3.8, 4) is 11.9 Å². The molecule has 5 nitrogen and oxygen atoms in total. The Kier molecular flexibility index (Phi) is 3.84. The van der Waals surface area contributed by atoms with Crippen molar-refractivity contribution in [3.63, 3.8) is 0 Å². The van der Waals surface area contributed by atoms with Crippen molar-refractivity contribution in [2.75, 3.05) is 13.7 Å². The van der Waals surface area contributed by atoms with E-state index in [9.17, 15) is 4.79 Å². The number of esters is 1. The lowest BCUT2D eigenvalue weighted by atomic mass is 10.1. The lowest BCUT2D eigenvalue weighted by Crippen LogP contribution is -2.14. The van der Waals surface area contributed by atoms with E-state index < -0.39 is 5.97 Å². The molecular formula is C11H12N2O3. The van der Waals surface area contributed by atoms with Crippen LogP contribution in [0.3, 0.4) is 0 Å². The Labute approximate surface area is 93.6 Å². The van der Waals surface area contributed by atoms with Crippen molar-refractivity contribution >= 4 is 5.97 Å². The quantitative estimate of drug-likeness (QED) is 0.714. The van der Waals surface area contributed by atoms with Crippen LogP contribution in [0.15, 0.2) is 6.07 Å². The molecule has 0 N–H and O–H groups in total. The number of hydrogen-bond donors (Lipinski definition) is 0. The third kappa shape index (κ3) is 2.70. The number of carbonyl (C=O) groups excluding carboxylic acids is 1. The number of nitriles is 1. The molecule has 0 radical (unpaired) electrons. The van der Waals surface area contributed by atoms with Crippen molar-refractivity contribution in [3.05, 3.63) is 22.9 Å². The predicted octanol–water partition coefficient (Wildman–Crippen LogP) is 1.12. The van der Waals surface area contributed by atoms with Gasteiger partial charge >= 0.3 is 5.97 Å². The lowest BCUT2D eigenvalue weighted by Gasteiger charge is -2.08. The summed E-state index contributed by atoms with van der Waals surface area (Å²) in [6.45, 7) is 3.33. The molecule has 0 fully saturated rings. The van der Waals surface area contributed by atoms with Gasteiger partial charge in [-0.25, -0.2) is 9.78 Å². The van der Waals surface area contributed by atoms with Gasteiger partial charge in [-0.05, 0) is 25.5 Å². The molecule has 84 valence electrons. The predicted molar refractivity (Wildman–Crippen MR) is 55.9 cm³/mol. The fraction of sp³-hybridized carbons (Fsp3) is 0.364. The summed E-state index contributed by atoms with van der Waals surface area (Å²) in [7, 11) is 1.27. The first-order valence-corrected chi connectivity index (χ1v) is 4.66. The normalized spacial score (nSPS) is 9.38. The first kappa shape index (κ1) is 12.0. The molecule has 5 heteroatoms. The zero-order chi connectivity index (χ0) is 12.1. The molecule has 0 amide bonds. The maximum atomic E-state index is 10.9. The molecular weight excluding hydrogens is 208 g/mol. The second kappa shape index (κ2) is 5.12. The van der Waals surface area contributed by atoms with Gasteiger partial charge < -0.3 is 9.47 Å². The zero-order valence-electron chi connectivity index (χ0n) is 9.40. The van der Waals surface area contributed by atoms with Crippen LogP contribution in [0, 0.1) is 25.2 Å². The van der Waals surface area contributed by atoms with Crippen LogP contribution in [0.4, 0.5) is 0 Å². The Morgan fingerprint density at radius 2 is 2.25 bits per heavy atom. The molecule has 0 spiro atoms. The molecule has 0 saturated carbocycles. The molecule has 0 saturated heterocycles. The van der Waals surface area contributed by atoms with Gasteiger partial charge in [0.1, 0.15) is 11.6 Å². The Balaban J connectivity index is 2.95. The minimum Gasteiger partial charge on any atom is -0.466 e. The van der Waals surface area contributed by atoms with E-state index in [0.29, 0.717) is 5.56 Å². The zero-order valence-corrected chi connectivity index (χ0v) is 9.40. The molecule has 1 heterocycles. The average molecular weight is 220 g/mol. The monoisotopic (exact) mass is 220 g/mol. The summed E-state index contributed by atoms with van der Waals surface area (Å²) >= 11 is 0. The largest absolute Gasteiger partial charge is 0.466 e. The molecule has 0 aliphatic rings. The van der Waals surface area contributed by atoms with Gasteiger partial charge in [0.25, 0.3) is 0 Å². The van der Waals surface area contributed by atoms with Crippen molar-refractivity contribution in [1.29, 1.82) is 5.26 Å². The van der Waals surface area contributed by atoms with Crippen LogP contribution in [-0.2, 0) is 9.53 Å². The van der Waals surface area contributed by atoms with Gasteiger partial charge in [0.05, 0.1) is 7.11 Å². The van der Waals surface area contributed by atoms with Crippen LogP contribution < -0.4 is 4.74 Å². The van der Waals surface area contributed by atoms with Crippen LogP contribution in [0.5, 0.6) is 5.88 Å². The molecule has 0 aromatic carbocycles. The molecule has 0 bridgehead atoms. The summed E-state index contributed by atoms with van der Waals surface area (Å²) in [5.41, 5.74) is 1.85. The molecule has 0 aliphatic heterocycles. The highest BCUT2D eigenvalue weighted by Crippen LogP contribution is 2.19. The Morgan fingerprint density at radius 1 is 1.56 bits per heavy atom. The van der Waals surface area contributed by atoms with Crippen LogP contribution in [-0.4, -0.2) is 24.7 Å². The molecule has 0 unspecified atom stereocenters. The minimum atomic E-state index is -0.509. The van der Waals surface area contributed by atoms with Crippen LogP contribution in [0.1, 0.15) is 16.8 Å². The highest BCUT2D eigenvalue weighted by Gasteiger charge is 2.11. The number of aryl methyl sites for hydroxylation is 2. The molecule has 0 atom stereocenters. The number of aromatic nitrogens is 1. The fourth-order valence-electron chi connectivity index (χ4n) is 1.23. The van der Waals surface area contributed by atoms with Gasteiger partial charge in [-0.2, -0.15) is 5.26 Å². The van der Waals surface area contributed by atoms with Gasteiger partial charge in [0.2, 0.25) is 5.88 Å². The van der Waals surface area contributed by atoms with Gasteiger partial charge in [-0.3, -0.25) is 0 Å². The van der Waals surface area contributed by atoms with E-state index in [1.165, 1.54) is 7.11 Å². The summed E-state index contributed by atoms with van der Waals surface area (Å²) in [6, 6.07) is 3.77. The van der Waals surface area contributed by atoms with Gasteiger partial charge in [-0.1, -0.05) is 0 Å². The van der Waals surface area contributed by atoms with Crippen molar-refractivity contribution in [2.24, 2.45) is 0 Å². The first-order valence-electron chi connectivity index (χ1n) is 4.66. The smallest absolute Gasteiger partial charge is 0.343 e. The van der Waals surface area contributed by atoms with E-state index in [-0.39, 0.29) is 12.5 Å². The number of pyridine rings is 1. The second-order valence-electron chi connectivity index (χ2n) is 3.24. The standard InChI is InChI=1S/C11H12N2O3/c1-7-4-8(2)13-11(9(7)5-12)16-6-10(14)15-3/h4H,6H2,1-3H3. The van der Waals surface area contributed by atoms with Gasteiger partial charge in [-0.15, -0.1) is 0 Å². The summed E-state index contributed by atoms with van der Waals surface area (Å²) < 4.78 is 9.57. The van der Waals surface area contributed by atoms with Crippen molar-refractivity contribution in [2.45, 2.75) is 13.8 Å². The van der Waals surface area contributed by atoms with Crippen LogP contribution >= 0.6 is 0 Å². The summed E-state index contributed by atoms with van der Waals surface area (Å²) in [6.07, 6.45) is 0. The molecule has 16 heavy (non-hydrogen) atoms. The fourth-order valence-corrected chi connectivity index (χ4v) is 1.23. The highest BCUT2D eigenvalue weighted by molar-refractivity contribution is 5.70. The second-order valence-corrected chi connectivity index (χ2v) is 3.24. The number of ether oxygens (including phenoxy) is 2. The van der Waals surface area contributed by atoms with Crippen molar-refractivity contribution in [1.82, 2.24) is 4.98 Å². The van der Waals surface area contributed by atoms with E-state index in [1.54, 1.807) is 19.9 Å². The number of nitrogens with zero attached hydrogens (tertiary/aromatic N) is 2. The van der Waals surface area contributed by atoms with Crippen molar-refractivity contribution < 1.29 is 14.3 Å². The maximum Gasteiger partial charge on any atom is 0.343 e. The third-order valence-corrected chi connectivity index (χ3v) is 1.98. The first-order chi connectivity index (χ1) is 7.58. The van der Waals surface area contributed by atoms with E-state index in [4.69, 9.17) is 10.00 Å². The molecule has 1 rings (SSSR count). The topological polar surface area (TPSA) is 72.2 Å². The lowest BCUT2D eigenvalue weighted by molar-refractivity contribution is -0.143. The molecule has 1 aromatic rings. The summed E-state index contributed by atoms with van der Waals surface area (Å²) in [5, 5.41) is 8.93. The maximum absolute atomic E-state index is 10.9. The minimum absolute atomic E-state index is 0.172. The Morgan fingerprint density at radius 3 is 2.81 bits per heavy atom. The molecule has 0 aliphatic carbocycles. The SMILES string of the molecule is COC(=O)COc1nc(C)cc(C)c1C#N. The summed E-state index contributed by atoms with van der Waals surface area (Å²) in [4.78, 5) is 15.0. The van der Waals surface area contributed by atoms with E-state index in [0.717, 1.165) is 11.3 Å². The average Bonchev–Trinajstić information content (AvgIpc) is 2.25. The summed E-state index contributed by atoms with van der Waals surface area (Å²) in [5.74, 6) is -0.338. The molecule has 1 aromatic heterocycles. The van der Waals surface area contributed by atoms with Gasteiger partial charge in [0.15, 0.2) is 6.61 Å². The number of carbonyl (C=O) groups is 1. The van der Waals surface area contributed by atoms with Gasteiger partial charge in [0, 0.05) is 5.69 Å². The third-order valence-electron chi connectivity index (χ3n) is 1.98. The highest BCUT2D eigenvalue weighted by atomic mass is 16.6. The Bertz CT molecular complexity index is 449. The Hall–Kier alpha value is -2.09. The van der Waals surface area contributed by atoms with E-state index >= 15 is 0 Å². The van der Waals surface area contributed by atoms with Crippen LogP contribution in [0.2, 0.25) is 0 Å². The number of rotatable bonds is 3. The van der Waals surface area contributed by atoms with E-state index in [2.05, 4.69) is 9.72 Å².